The van der Waals surface area contributed by atoms with Gasteiger partial charge in [-0.2, -0.15) is 5.10 Å². The first-order valence-corrected chi connectivity index (χ1v) is 5.35. The lowest BCUT2D eigenvalue weighted by molar-refractivity contribution is 0.0952. The molecule has 0 aromatic heterocycles. The Balaban J connectivity index is 2.84. The van der Waals surface area contributed by atoms with Gasteiger partial charge in [-0.25, -0.2) is 5.43 Å². The lowest BCUT2D eigenvalue weighted by Crippen LogP contribution is -2.18. The van der Waals surface area contributed by atoms with Gasteiger partial charge in [0.2, 0.25) is 0 Å². The van der Waals surface area contributed by atoms with E-state index >= 15 is 0 Å². The van der Waals surface area contributed by atoms with Crippen molar-refractivity contribution >= 4 is 23.7 Å². The zero-order chi connectivity index (χ0) is 12.7. The van der Waals surface area contributed by atoms with Crippen molar-refractivity contribution in [3.63, 3.8) is 0 Å². The van der Waals surface area contributed by atoms with E-state index in [0.717, 1.165) is 0 Å². The van der Waals surface area contributed by atoms with Crippen LogP contribution in [0.25, 0.3) is 0 Å². The van der Waals surface area contributed by atoms with Crippen molar-refractivity contribution in [1.82, 2.24) is 5.43 Å². The topological polar surface area (TPSA) is 50.7 Å². The number of nitrogens with zero attached hydrogens (tertiary/aromatic N) is 1. The summed E-state index contributed by atoms with van der Waals surface area (Å²) in [5.41, 5.74) is 2.72. The molecule has 90 valence electrons. The summed E-state index contributed by atoms with van der Waals surface area (Å²) in [6.07, 6.45) is 4.99. The van der Waals surface area contributed by atoms with Crippen LogP contribution in [0, 0.1) is 0 Å². The first-order valence-electron chi connectivity index (χ1n) is 4.97. The van der Waals surface area contributed by atoms with Crippen LogP contribution in [0.1, 0.15) is 17.3 Å². The molecule has 1 N–H and O–H groups in total. The van der Waals surface area contributed by atoms with E-state index in [4.69, 9.17) is 16.3 Å². The predicted molar refractivity (Wildman–Crippen MR) is 68.8 cm³/mol. The third-order valence-corrected chi connectivity index (χ3v) is 2.16. The van der Waals surface area contributed by atoms with E-state index in [1.54, 1.807) is 24.3 Å². The summed E-state index contributed by atoms with van der Waals surface area (Å²) >= 11 is 5.82. The second-order valence-corrected chi connectivity index (χ2v) is 3.53. The molecule has 0 saturated carbocycles. The Labute approximate surface area is 105 Å². The summed E-state index contributed by atoms with van der Waals surface area (Å²) in [5, 5.41) is 4.20. The van der Waals surface area contributed by atoms with Gasteiger partial charge in [-0.3, -0.25) is 4.79 Å². The van der Waals surface area contributed by atoms with Crippen molar-refractivity contribution < 1.29 is 9.53 Å². The Bertz CT molecular complexity index is 456. The summed E-state index contributed by atoms with van der Waals surface area (Å²) < 4.78 is 5.06. The lowest BCUT2D eigenvalue weighted by Gasteiger charge is -2.06. The van der Waals surface area contributed by atoms with Gasteiger partial charge in [-0.1, -0.05) is 17.7 Å². The van der Waals surface area contributed by atoms with Gasteiger partial charge in [0.05, 0.1) is 12.7 Å². The molecule has 0 bridgehead atoms. The van der Waals surface area contributed by atoms with E-state index in [1.807, 2.05) is 6.92 Å². The Hall–Kier alpha value is -1.81. The number of allylic oxidation sites excluding steroid dienone is 2. The van der Waals surface area contributed by atoms with Crippen molar-refractivity contribution in [2.75, 3.05) is 7.11 Å². The van der Waals surface area contributed by atoms with Gasteiger partial charge >= 0.3 is 0 Å². The molecule has 5 heteroatoms. The quantitative estimate of drug-likeness (QED) is 0.662. The van der Waals surface area contributed by atoms with Crippen LogP contribution in [0.4, 0.5) is 0 Å². The minimum atomic E-state index is -0.370. The number of hydrazone groups is 1. The molecule has 0 heterocycles. The monoisotopic (exact) mass is 252 g/mol. The molecule has 1 aromatic rings. The number of hydrogen-bond acceptors (Lipinski definition) is 3. The van der Waals surface area contributed by atoms with Gasteiger partial charge in [-0.05, 0) is 31.2 Å². The van der Waals surface area contributed by atoms with Gasteiger partial charge in [0.25, 0.3) is 5.91 Å². The predicted octanol–water partition coefficient (Wildman–Crippen LogP) is 2.64. The molecule has 0 unspecified atom stereocenters. The molecular weight excluding hydrogens is 240 g/mol. The van der Waals surface area contributed by atoms with Crippen LogP contribution in [0.5, 0.6) is 5.75 Å². The number of nitrogens with one attached hydrogen (secondary N) is 1. The van der Waals surface area contributed by atoms with Gasteiger partial charge in [0.1, 0.15) is 5.75 Å². The van der Waals surface area contributed by atoms with Crippen LogP contribution in [0.2, 0.25) is 5.02 Å². The molecule has 0 aliphatic carbocycles. The van der Waals surface area contributed by atoms with Gasteiger partial charge in [-0.15, -0.1) is 0 Å². The van der Waals surface area contributed by atoms with Crippen LogP contribution in [0.3, 0.4) is 0 Å². The molecule has 0 atom stereocenters. The SMILES string of the molecule is C/C=C/C=N/NC(=O)c1cc(Cl)ccc1OC. The highest BCUT2D eigenvalue weighted by Gasteiger charge is 2.11. The van der Waals surface area contributed by atoms with E-state index in [-0.39, 0.29) is 5.91 Å². The zero-order valence-corrected chi connectivity index (χ0v) is 10.4. The molecule has 17 heavy (non-hydrogen) atoms. The van der Waals surface area contributed by atoms with Crippen LogP contribution in [-0.4, -0.2) is 19.2 Å². The summed E-state index contributed by atoms with van der Waals surface area (Å²) in [6, 6.07) is 4.81. The summed E-state index contributed by atoms with van der Waals surface area (Å²) in [5.74, 6) is 0.0817. The van der Waals surface area contributed by atoms with Crippen molar-refractivity contribution in [2.45, 2.75) is 6.92 Å². The molecule has 0 saturated heterocycles. The van der Waals surface area contributed by atoms with Crippen LogP contribution < -0.4 is 10.2 Å². The van der Waals surface area contributed by atoms with E-state index < -0.39 is 0 Å². The molecule has 0 aliphatic heterocycles. The second kappa shape index (κ2) is 6.70. The number of ether oxygens (including phenoxy) is 1. The molecule has 0 spiro atoms. The number of hydrogen-bond donors (Lipinski definition) is 1. The largest absolute Gasteiger partial charge is 0.496 e. The number of methoxy groups -OCH3 is 1. The maximum absolute atomic E-state index is 11.8. The second-order valence-electron chi connectivity index (χ2n) is 3.09. The first-order chi connectivity index (χ1) is 8.19. The van der Waals surface area contributed by atoms with Crippen LogP contribution in [0.15, 0.2) is 35.5 Å². The minimum absolute atomic E-state index is 0.345. The normalized spacial score (nSPS) is 11.0. The molecule has 1 amide bonds. The average Bonchev–Trinajstić information content (AvgIpc) is 2.34. The van der Waals surface area contributed by atoms with Crippen molar-refractivity contribution in [2.24, 2.45) is 5.10 Å². The third-order valence-electron chi connectivity index (χ3n) is 1.93. The average molecular weight is 253 g/mol. The Morgan fingerprint density at radius 1 is 1.53 bits per heavy atom. The molecule has 0 radical (unpaired) electrons. The van der Waals surface area contributed by atoms with E-state index in [1.165, 1.54) is 19.4 Å². The first kappa shape index (κ1) is 13.3. The fourth-order valence-electron chi connectivity index (χ4n) is 1.14. The number of benzene rings is 1. The number of carbonyl (C=O) groups excluding carboxylic acids is 1. The zero-order valence-electron chi connectivity index (χ0n) is 9.61. The standard InChI is InChI=1S/C12H13ClN2O2/c1-3-4-7-14-15-12(16)10-8-9(13)5-6-11(10)17-2/h3-8H,1-2H3,(H,15,16)/b4-3+,14-7+. The fourth-order valence-corrected chi connectivity index (χ4v) is 1.31. The van der Waals surface area contributed by atoms with E-state index in [2.05, 4.69) is 10.5 Å². The molecule has 0 fully saturated rings. The summed E-state index contributed by atoms with van der Waals surface area (Å²) in [4.78, 5) is 11.8. The molecular formula is C12H13ClN2O2. The molecule has 1 aromatic carbocycles. The minimum Gasteiger partial charge on any atom is -0.496 e. The fraction of sp³-hybridized carbons (Fsp3) is 0.167. The number of rotatable bonds is 4. The molecule has 0 aliphatic rings. The summed E-state index contributed by atoms with van der Waals surface area (Å²) in [7, 11) is 1.49. The maximum atomic E-state index is 11.8. The summed E-state index contributed by atoms with van der Waals surface area (Å²) in [6.45, 7) is 1.85. The van der Waals surface area contributed by atoms with E-state index in [9.17, 15) is 4.79 Å². The maximum Gasteiger partial charge on any atom is 0.275 e. The smallest absolute Gasteiger partial charge is 0.275 e. The highest BCUT2D eigenvalue weighted by molar-refractivity contribution is 6.31. The third kappa shape index (κ3) is 3.92. The van der Waals surface area contributed by atoms with Crippen molar-refractivity contribution in [1.29, 1.82) is 0 Å². The van der Waals surface area contributed by atoms with Crippen molar-refractivity contribution in [3.8, 4) is 5.75 Å². The Kier molecular flexibility index (Phi) is 5.23. The Morgan fingerprint density at radius 3 is 2.94 bits per heavy atom. The highest BCUT2D eigenvalue weighted by Crippen LogP contribution is 2.22. The Morgan fingerprint density at radius 2 is 2.29 bits per heavy atom. The van der Waals surface area contributed by atoms with Gasteiger partial charge in [0, 0.05) is 11.2 Å². The van der Waals surface area contributed by atoms with Crippen molar-refractivity contribution in [3.05, 3.63) is 40.9 Å². The van der Waals surface area contributed by atoms with Crippen LogP contribution in [-0.2, 0) is 0 Å². The molecule has 1 rings (SSSR count). The highest BCUT2D eigenvalue weighted by atomic mass is 35.5. The van der Waals surface area contributed by atoms with Gasteiger partial charge in [0.15, 0.2) is 0 Å². The number of halogens is 1. The number of amides is 1. The van der Waals surface area contributed by atoms with Gasteiger partial charge < -0.3 is 4.74 Å². The van der Waals surface area contributed by atoms with Crippen LogP contribution >= 0.6 is 11.6 Å². The lowest BCUT2D eigenvalue weighted by atomic mass is 10.2. The number of carbonyl (C=O) groups is 1. The molecule has 4 nitrogen and oxygen atoms in total. The van der Waals surface area contributed by atoms with E-state index in [0.29, 0.717) is 16.3 Å².